The SMILES string of the molecule is Cc1nccc(NC2CCN(C)CC2C)n1. The van der Waals surface area contributed by atoms with Crippen molar-refractivity contribution >= 4 is 5.82 Å². The van der Waals surface area contributed by atoms with Crippen LogP contribution >= 0.6 is 0 Å². The molecule has 88 valence electrons. The number of likely N-dealkylation sites (tertiary alicyclic amines) is 1. The van der Waals surface area contributed by atoms with Gasteiger partial charge in [0.25, 0.3) is 0 Å². The maximum atomic E-state index is 4.38. The van der Waals surface area contributed by atoms with E-state index in [-0.39, 0.29) is 0 Å². The van der Waals surface area contributed by atoms with Crippen molar-refractivity contribution in [2.24, 2.45) is 5.92 Å². The molecule has 16 heavy (non-hydrogen) atoms. The Balaban J connectivity index is 1.99. The standard InChI is InChI=1S/C12H20N4/c1-9-8-16(3)7-5-11(9)15-12-4-6-13-10(2)14-12/h4,6,9,11H,5,7-8H2,1-3H3,(H,13,14,15). The molecule has 2 unspecified atom stereocenters. The minimum absolute atomic E-state index is 0.533. The third-order valence-electron chi connectivity index (χ3n) is 3.22. The molecule has 4 nitrogen and oxygen atoms in total. The summed E-state index contributed by atoms with van der Waals surface area (Å²) in [6.07, 6.45) is 2.99. The summed E-state index contributed by atoms with van der Waals surface area (Å²) >= 11 is 0. The minimum Gasteiger partial charge on any atom is -0.367 e. The van der Waals surface area contributed by atoms with Crippen LogP contribution in [0.4, 0.5) is 5.82 Å². The Morgan fingerprint density at radius 3 is 3.00 bits per heavy atom. The number of aryl methyl sites for hydroxylation is 1. The van der Waals surface area contributed by atoms with Gasteiger partial charge >= 0.3 is 0 Å². The highest BCUT2D eigenvalue weighted by Gasteiger charge is 2.24. The van der Waals surface area contributed by atoms with Crippen molar-refractivity contribution in [2.45, 2.75) is 26.3 Å². The smallest absolute Gasteiger partial charge is 0.129 e. The molecule has 0 aromatic carbocycles. The number of hydrogen-bond donors (Lipinski definition) is 1. The van der Waals surface area contributed by atoms with Gasteiger partial charge in [-0.1, -0.05) is 6.92 Å². The van der Waals surface area contributed by atoms with E-state index in [4.69, 9.17) is 0 Å². The average Bonchev–Trinajstić information content (AvgIpc) is 2.22. The summed E-state index contributed by atoms with van der Waals surface area (Å²) in [6, 6.07) is 2.48. The molecule has 2 heterocycles. The molecule has 0 aliphatic carbocycles. The molecule has 0 bridgehead atoms. The van der Waals surface area contributed by atoms with Crippen molar-refractivity contribution < 1.29 is 0 Å². The Morgan fingerprint density at radius 1 is 1.50 bits per heavy atom. The molecule has 0 saturated carbocycles. The van der Waals surface area contributed by atoms with Gasteiger partial charge in [-0.25, -0.2) is 9.97 Å². The molecule has 1 aromatic heterocycles. The van der Waals surface area contributed by atoms with Gasteiger partial charge in [-0.05, 0) is 38.9 Å². The van der Waals surface area contributed by atoms with Crippen LogP contribution in [0.1, 0.15) is 19.2 Å². The lowest BCUT2D eigenvalue weighted by Crippen LogP contribution is -2.43. The lowest BCUT2D eigenvalue weighted by Gasteiger charge is -2.35. The topological polar surface area (TPSA) is 41.1 Å². The zero-order valence-corrected chi connectivity index (χ0v) is 10.3. The molecule has 0 radical (unpaired) electrons. The Morgan fingerprint density at radius 2 is 2.31 bits per heavy atom. The van der Waals surface area contributed by atoms with Crippen molar-refractivity contribution in [1.29, 1.82) is 0 Å². The Kier molecular flexibility index (Phi) is 3.39. The second-order valence-electron chi connectivity index (χ2n) is 4.77. The molecular formula is C12H20N4. The summed E-state index contributed by atoms with van der Waals surface area (Å²) in [5, 5.41) is 3.51. The van der Waals surface area contributed by atoms with Crippen LogP contribution in [0.3, 0.4) is 0 Å². The van der Waals surface area contributed by atoms with Crippen molar-refractivity contribution in [2.75, 3.05) is 25.5 Å². The number of rotatable bonds is 2. The Bertz CT molecular complexity index is 353. The summed E-state index contributed by atoms with van der Waals surface area (Å²) in [6.45, 7) is 6.53. The first-order valence-corrected chi connectivity index (χ1v) is 5.90. The Labute approximate surface area is 97.1 Å². The van der Waals surface area contributed by atoms with Crippen LogP contribution in [-0.2, 0) is 0 Å². The second kappa shape index (κ2) is 4.78. The van der Waals surface area contributed by atoms with Gasteiger partial charge in [-0.2, -0.15) is 0 Å². The van der Waals surface area contributed by atoms with E-state index in [0.29, 0.717) is 12.0 Å². The zero-order chi connectivity index (χ0) is 11.5. The second-order valence-corrected chi connectivity index (χ2v) is 4.77. The van der Waals surface area contributed by atoms with Gasteiger partial charge < -0.3 is 10.2 Å². The van der Waals surface area contributed by atoms with E-state index in [1.165, 1.54) is 6.42 Å². The first-order valence-electron chi connectivity index (χ1n) is 5.90. The number of aromatic nitrogens is 2. The van der Waals surface area contributed by atoms with Gasteiger partial charge in [0.2, 0.25) is 0 Å². The molecule has 4 heteroatoms. The number of nitrogens with zero attached hydrogens (tertiary/aromatic N) is 3. The maximum absolute atomic E-state index is 4.38. The molecule has 1 aromatic rings. The van der Waals surface area contributed by atoms with E-state index in [1.54, 1.807) is 0 Å². The molecule has 0 amide bonds. The highest BCUT2D eigenvalue weighted by Crippen LogP contribution is 2.19. The van der Waals surface area contributed by atoms with Crippen molar-refractivity contribution in [3.05, 3.63) is 18.1 Å². The average molecular weight is 220 g/mol. The first-order chi connectivity index (χ1) is 7.65. The predicted molar refractivity (Wildman–Crippen MR) is 65.5 cm³/mol. The molecular weight excluding hydrogens is 200 g/mol. The van der Waals surface area contributed by atoms with Gasteiger partial charge in [0, 0.05) is 18.8 Å². The molecule has 0 spiro atoms. The van der Waals surface area contributed by atoms with E-state index in [0.717, 1.165) is 24.7 Å². The van der Waals surface area contributed by atoms with E-state index in [2.05, 4.69) is 34.2 Å². The van der Waals surface area contributed by atoms with Gasteiger partial charge in [-0.3, -0.25) is 0 Å². The number of piperidine rings is 1. The van der Waals surface area contributed by atoms with Crippen molar-refractivity contribution in [1.82, 2.24) is 14.9 Å². The maximum Gasteiger partial charge on any atom is 0.129 e. The normalized spacial score (nSPS) is 26.7. The van der Waals surface area contributed by atoms with E-state index >= 15 is 0 Å². The molecule has 2 rings (SSSR count). The van der Waals surface area contributed by atoms with Crippen LogP contribution in [0.2, 0.25) is 0 Å². The van der Waals surface area contributed by atoms with Crippen LogP contribution in [0, 0.1) is 12.8 Å². The lowest BCUT2D eigenvalue weighted by atomic mass is 9.94. The van der Waals surface area contributed by atoms with E-state index < -0.39 is 0 Å². The molecule has 2 atom stereocenters. The highest BCUT2D eigenvalue weighted by molar-refractivity contribution is 5.34. The Hall–Kier alpha value is -1.16. The predicted octanol–water partition coefficient (Wildman–Crippen LogP) is 1.54. The van der Waals surface area contributed by atoms with Gasteiger partial charge in [-0.15, -0.1) is 0 Å². The van der Waals surface area contributed by atoms with Crippen LogP contribution in [-0.4, -0.2) is 41.0 Å². The fraction of sp³-hybridized carbons (Fsp3) is 0.667. The lowest BCUT2D eigenvalue weighted by molar-refractivity contribution is 0.206. The van der Waals surface area contributed by atoms with Gasteiger partial charge in [0.1, 0.15) is 11.6 Å². The van der Waals surface area contributed by atoms with Crippen LogP contribution < -0.4 is 5.32 Å². The van der Waals surface area contributed by atoms with Crippen LogP contribution in [0.5, 0.6) is 0 Å². The third kappa shape index (κ3) is 2.70. The zero-order valence-electron chi connectivity index (χ0n) is 10.3. The minimum atomic E-state index is 0.533. The van der Waals surface area contributed by atoms with E-state index in [1.807, 2.05) is 19.2 Å². The number of hydrogen-bond acceptors (Lipinski definition) is 4. The largest absolute Gasteiger partial charge is 0.367 e. The fourth-order valence-corrected chi connectivity index (χ4v) is 2.30. The van der Waals surface area contributed by atoms with Gasteiger partial charge in [0.15, 0.2) is 0 Å². The molecule has 1 N–H and O–H groups in total. The van der Waals surface area contributed by atoms with Crippen LogP contribution in [0.15, 0.2) is 12.3 Å². The molecule has 1 aliphatic heterocycles. The highest BCUT2D eigenvalue weighted by atomic mass is 15.1. The number of anilines is 1. The van der Waals surface area contributed by atoms with Crippen molar-refractivity contribution in [3.8, 4) is 0 Å². The summed E-state index contributed by atoms with van der Waals surface area (Å²) in [4.78, 5) is 10.9. The third-order valence-corrected chi connectivity index (χ3v) is 3.22. The summed E-state index contributed by atoms with van der Waals surface area (Å²) in [7, 11) is 2.18. The number of nitrogens with one attached hydrogen (secondary N) is 1. The molecule has 1 fully saturated rings. The monoisotopic (exact) mass is 220 g/mol. The summed E-state index contributed by atoms with van der Waals surface area (Å²) in [5.74, 6) is 2.44. The molecule has 1 saturated heterocycles. The first kappa shape index (κ1) is 11.3. The van der Waals surface area contributed by atoms with Crippen LogP contribution in [0.25, 0.3) is 0 Å². The fourth-order valence-electron chi connectivity index (χ4n) is 2.30. The van der Waals surface area contributed by atoms with Crippen molar-refractivity contribution in [3.63, 3.8) is 0 Å². The summed E-state index contributed by atoms with van der Waals surface area (Å²) in [5.41, 5.74) is 0. The summed E-state index contributed by atoms with van der Waals surface area (Å²) < 4.78 is 0. The molecule has 1 aliphatic rings. The quantitative estimate of drug-likeness (QED) is 0.821. The van der Waals surface area contributed by atoms with Gasteiger partial charge in [0.05, 0.1) is 0 Å². The van der Waals surface area contributed by atoms with E-state index in [9.17, 15) is 0 Å².